The molecule has 2 rings (SSSR count). The normalized spacial score (nSPS) is 11.8. The number of ether oxygens (including phenoxy) is 1. The molecule has 0 aliphatic carbocycles. The number of thiophene rings is 1. The van der Waals surface area contributed by atoms with Gasteiger partial charge in [-0.25, -0.2) is 0 Å². The van der Waals surface area contributed by atoms with Crippen LogP contribution in [0.15, 0.2) is 41.8 Å². The van der Waals surface area contributed by atoms with E-state index in [1.807, 2.05) is 29.6 Å². The zero-order valence-corrected chi connectivity index (χ0v) is 16.0. The minimum absolute atomic E-state index is 0.0442. The van der Waals surface area contributed by atoms with Crippen LogP contribution in [0.25, 0.3) is 0 Å². The lowest BCUT2D eigenvalue weighted by Gasteiger charge is -2.14. The average Bonchev–Trinajstić information content (AvgIpc) is 3.14. The molecular formula is C20H23NO4S. The van der Waals surface area contributed by atoms with Gasteiger partial charge in [-0.05, 0) is 42.0 Å². The number of Topliss-reactive ketones (excluding diaryl/α,β-unsaturated/α-hetero) is 1. The third kappa shape index (κ3) is 5.81. The van der Waals surface area contributed by atoms with Crippen molar-refractivity contribution in [2.45, 2.75) is 45.6 Å². The second-order valence-electron chi connectivity index (χ2n) is 6.30. The first-order valence-electron chi connectivity index (χ1n) is 8.54. The maximum absolute atomic E-state index is 12.1. The van der Waals surface area contributed by atoms with Crippen LogP contribution < -0.4 is 5.32 Å². The zero-order valence-electron chi connectivity index (χ0n) is 15.2. The van der Waals surface area contributed by atoms with Gasteiger partial charge in [0.2, 0.25) is 0 Å². The highest BCUT2D eigenvalue weighted by atomic mass is 32.1. The van der Waals surface area contributed by atoms with Crippen LogP contribution in [0.4, 0.5) is 5.69 Å². The van der Waals surface area contributed by atoms with Crippen molar-refractivity contribution < 1.29 is 19.1 Å². The Morgan fingerprint density at radius 3 is 2.31 bits per heavy atom. The number of anilines is 1. The Bertz CT molecular complexity index is 751. The van der Waals surface area contributed by atoms with Gasteiger partial charge in [-0.3, -0.25) is 14.4 Å². The van der Waals surface area contributed by atoms with Gasteiger partial charge >= 0.3 is 5.97 Å². The van der Waals surface area contributed by atoms with Gasteiger partial charge in [0.15, 0.2) is 11.9 Å². The Balaban J connectivity index is 1.78. The molecule has 138 valence electrons. The fourth-order valence-corrected chi connectivity index (χ4v) is 2.98. The van der Waals surface area contributed by atoms with Crippen molar-refractivity contribution in [1.29, 1.82) is 0 Å². The number of ketones is 1. The fraction of sp³-hybridized carbons (Fsp3) is 0.350. The molecule has 0 aliphatic rings. The molecule has 0 saturated carbocycles. The number of carbonyl (C=O) groups excluding carboxylic acids is 3. The van der Waals surface area contributed by atoms with Crippen LogP contribution in [0, 0.1) is 0 Å². The molecule has 1 aromatic heterocycles. The molecule has 0 spiro atoms. The third-order valence-corrected chi connectivity index (χ3v) is 4.79. The van der Waals surface area contributed by atoms with E-state index < -0.39 is 18.0 Å². The summed E-state index contributed by atoms with van der Waals surface area (Å²) in [6.45, 7) is 5.70. The lowest BCUT2D eigenvalue weighted by Crippen LogP contribution is -2.30. The van der Waals surface area contributed by atoms with Gasteiger partial charge in [-0.1, -0.05) is 32.0 Å². The molecule has 0 unspecified atom stereocenters. The predicted molar refractivity (Wildman–Crippen MR) is 103 cm³/mol. The van der Waals surface area contributed by atoms with E-state index in [-0.39, 0.29) is 18.6 Å². The Hall–Kier alpha value is -2.47. The molecule has 0 aliphatic heterocycles. The van der Waals surface area contributed by atoms with Crippen LogP contribution in [0.2, 0.25) is 0 Å². The maximum atomic E-state index is 12.1. The average molecular weight is 373 g/mol. The summed E-state index contributed by atoms with van der Waals surface area (Å²) in [5, 5.41) is 4.53. The number of hydrogen-bond acceptors (Lipinski definition) is 5. The fourth-order valence-electron chi connectivity index (χ4n) is 2.28. The number of esters is 1. The molecular weight excluding hydrogens is 350 g/mol. The zero-order chi connectivity index (χ0) is 19.1. The summed E-state index contributed by atoms with van der Waals surface area (Å²) in [6, 6.07) is 11.1. The third-order valence-electron chi connectivity index (χ3n) is 3.87. The van der Waals surface area contributed by atoms with Crippen LogP contribution in [-0.4, -0.2) is 23.8 Å². The van der Waals surface area contributed by atoms with Crippen molar-refractivity contribution in [2.75, 3.05) is 5.32 Å². The van der Waals surface area contributed by atoms with Gasteiger partial charge in [0.1, 0.15) is 0 Å². The highest BCUT2D eigenvalue weighted by Crippen LogP contribution is 2.17. The van der Waals surface area contributed by atoms with Gasteiger partial charge in [0, 0.05) is 12.1 Å². The second kappa shape index (κ2) is 9.29. The Labute approximate surface area is 157 Å². The van der Waals surface area contributed by atoms with Crippen molar-refractivity contribution >= 4 is 34.7 Å². The molecule has 1 heterocycles. The molecule has 5 nitrogen and oxygen atoms in total. The number of nitrogens with one attached hydrogen (secondary N) is 1. The van der Waals surface area contributed by atoms with Gasteiger partial charge in [0.05, 0.1) is 11.3 Å². The van der Waals surface area contributed by atoms with E-state index in [1.54, 1.807) is 12.1 Å². The Kier molecular flexibility index (Phi) is 7.09. The number of benzene rings is 1. The lowest BCUT2D eigenvalue weighted by molar-refractivity contribution is -0.153. The van der Waals surface area contributed by atoms with E-state index in [1.165, 1.54) is 23.8 Å². The van der Waals surface area contributed by atoms with Gasteiger partial charge < -0.3 is 10.1 Å². The topological polar surface area (TPSA) is 72.5 Å². The Morgan fingerprint density at radius 2 is 1.73 bits per heavy atom. The van der Waals surface area contributed by atoms with Crippen molar-refractivity contribution in [3.63, 3.8) is 0 Å². The molecule has 1 atom stereocenters. The molecule has 1 aromatic carbocycles. The molecule has 1 amide bonds. The largest absolute Gasteiger partial charge is 0.453 e. The molecule has 26 heavy (non-hydrogen) atoms. The van der Waals surface area contributed by atoms with E-state index in [0.717, 1.165) is 0 Å². The van der Waals surface area contributed by atoms with Gasteiger partial charge in [0.25, 0.3) is 5.91 Å². The van der Waals surface area contributed by atoms with Crippen molar-refractivity contribution in [3.8, 4) is 0 Å². The molecule has 1 N–H and O–H groups in total. The molecule has 2 aromatic rings. The van der Waals surface area contributed by atoms with Crippen LogP contribution in [-0.2, 0) is 14.3 Å². The molecule has 0 radical (unpaired) electrons. The summed E-state index contributed by atoms with van der Waals surface area (Å²) in [4.78, 5) is 36.5. The summed E-state index contributed by atoms with van der Waals surface area (Å²) in [6.07, 6.45) is -0.897. The maximum Gasteiger partial charge on any atom is 0.307 e. The first kappa shape index (κ1) is 19.8. The summed E-state index contributed by atoms with van der Waals surface area (Å²) in [7, 11) is 0. The minimum Gasteiger partial charge on any atom is -0.453 e. The number of hydrogen-bond donors (Lipinski definition) is 1. The van der Waals surface area contributed by atoms with Crippen LogP contribution in [0.3, 0.4) is 0 Å². The summed E-state index contributed by atoms with van der Waals surface area (Å²) in [5.41, 5.74) is 1.83. The second-order valence-corrected chi connectivity index (χ2v) is 7.25. The summed E-state index contributed by atoms with van der Waals surface area (Å²) >= 11 is 1.34. The predicted octanol–water partition coefficient (Wildman–Crippen LogP) is 4.40. The molecule has 6 heteroatoms. The monoisotopic (exact) mass is 373 g/mol. The smallest absolute Gasteiger partial charge is 0.307 e. The molecule has 0 fully saturated rings. The van der Waals surface area contributed by atoms with Crippen LogP contribution >= 0.6 is 11.3 Å². The first-order chi connectivity index (χ1) is 12.4. The Morgan fingerprint density at radius 1 is 1.04 bits per heavy atom. The highest BCUT2D eigenvalue weighted by molar-refractivity contribution is 7.12. The highest BCUT2D eigenvalue weighted by Gasteiger charge is 2.19. The van der Waals surface area contributed by atoms with Crippen molar-refractivity contribution in [3.05, 3.63) is 52.2 Å². The quantitative estimate of drug-likeness (QED) is 0.550. The summed E-state index contributed by atoms with van der Waals surface area (Å²) < 4.78 is 5.11. The number of rotatable bonds is 8. The number of carbonyl (C=O) groups is 3. The van der Waals surface area contributed by atoms with Gasteiger partial charge in [-0.2, -0.15) is 0 Å². The van der Waals surface area contributed by atoms with Crippen LogP contribution in [0.5, 0.6) is 0 Å². The van der Waals surface area contributed by atoms with E-state index >= 15 is 0 Å². The van der Waals surface area contributed by atoms with E-state index in [9.17, 15) is 14.4 Å². The van der Waals surface area contributed by atoms with Crippen molar-refractivity contribution in [2.24, 2.45) is 0 Å². The number of amides is 1. The first-order valence-corrected chi connectivity index (χ1v) is 9.41. The van der Waals surface area contributed by atoms with E-state index in [2.05, 4.69) is 19.2 Å². The molecule has 0 saturated heterocycles. The van der Waals surface area contributed by atoms with E-state index in [4.69, 9.17) is 4.74 Å². The SMILES string of the molecule is CC(C)c1ccc(NC(=O)[C@@H](C)OC(=O)CCC(=O)c2cccs2)cc1. The standard InChI is InChI=1S/C20H23NO4S/c1-13(2)15-6-8-16(9-7-15)21-20(24)14(3)25-19(23)11-10-17(22)18-5-4-12-26-18/h4-9,12-14H,10-11H2,1-3H3,(H,21,24)/t14-/m1/s1. The van der Waals surface area contributed by atoms with E-state index in [0.29, 0.717) is 16.5 Å². The van der Waals surface area contributed by atoms with Crippen LogP contribution in [0.1, 0.15) is 54.8 Å². The van der Waals surface area contributed by atoms with Crippen molar-refractivity contribution in [1.82, 2.24) is 0 Å². The lowest BCUT2D eigenvalue weighted by atomic mass is 10.0. The summed E-state index contributed by atoms with van der Waals surface area (Å²) in [5.74, 6) is -0.649. The minimum atomic E-state index is -0.927. The molecule has 0 bridgehead atoms. The van der Waals surface area contributed by atoms with Gasteiger partial charge in [-0.15, -0.1) is 11.3 Å².